The lowest BCUT2D eigenvalue weighted by Gasteiger charge is -2.17. The monoisotopic (exact) mass is 269 g/mol. The Balaban J connectivity index is 2.20. The van der Waals surface area contributed by atoms with E-state index in [1.807, 2.05) is 18.4 Å². The third-order valence-electron chi connectivity index (χ3n) is 2.58. The summed E-state index contributed by atoms with van der Waals surface area (Å²) in [6.07, 6.45) is -0.338. The predicted octanol–water partition coefficient (Wildman–Crippen LogP) is 3.41. The molecule has 0 aliphatic carbocycles. The number of rotatable bonds is 4. The molecule has 96 valence electrons. The van der Waals surface area contributed by atoms with Crippen LogP contribution in [0.5, 0.6) is 5.75 Å². The molecule has 0 amide bonds. The molecule has 0 radical (unpaired) electrons. The summed E-state index contributed by atoms with van der Waals surface area (Å²) in [4.78, 5) is 1.00. The second-order valence-corrected chi connectivity index (χ2v) is 4.83. The molecule has 2 nitrogen and oxygen atoms in total. The Morgan fingerprint density at radius 1 is 1.28 bits per heavy atom. The Kier molecular flexibility index (Phi) is 3.93. The fourth-order valence-corrected chi connectivity index (χ4v) is 2.61. The number of nitrogens with two attached hydrogens (primary N) is 1. The van der Waals surface area contributed by atoms with Crippen LogP contribution in [0.3, 0.4) is 0 Å². The van der Waals surface area contributed by atoms with Gasteiger partial charge in [0.1, 0.15) is 11.9 Å². The van der Waals surface area contributed by atoms with E-state index in [1.165, 1.54) is 17.4 Å². The van der Waals surface area contributed by atoms with Crippen LogP contribution in [0.15, 0.2) is 29.6 Å². The molecule has 0 fully saturated rings. The number of hydrogen-bond acceptors (Lipinski definition) is 3. The van der Waals surface area contributed by atoms with Gasteiger partial charge in [-0.15, -0.1) is 11.3 Å². The van der Waals surface area contributed by atoms with Crippen molar-refractivity contribution in [1.29, 1.82) is 0 Å². The zero-order valence-electron chi connectivity index (χ0n) is 9.82. The molecule has 1 heterocycles. The van der Waals surface area contributed by atoms with Crippen LogP contribution in [0.2, 0.25) is 0 Å². The minimum absolute atomic E-state index is 0.275. The molecule has 1 aromatic carbocycles. The summed E-state index contributed by atoms with van der Waals surface area (Å²) in [5.74, 6) is -1.54. The van der Waals surface area contributed by atoms with Crippen LogP contribution >= 0.6 is 11.3 Å². The molecule has 0 saturated carbocycles. The minimum Gasteiger partial charge on any atom is -0.483 e. The number of hydrogen-bond donors (Lipinski definition) is 1. The van der Waals surface area contributed by atoms with Crippen molar-refractivity contribution >= 4 is 11.3 Å². The fraction of sp³-hybridized carbons (Fsp3) is 0.231. The van der Waals surface area contributed by atoms with Crippen LogP contribution in [0, 0.1) is 18.6 Å². The maximum atomic E-state index is 13.1. The van der Waals surface area contributed by atoms with Crippen molar-refractivity contribution in [1.82, 2.24) is 0 Å². The van der Waals surface area contributed by atoms with E-state index in [0.29, 0.717) is 0 Å². The van der Waals surface area contributed by atoms with E-state index in [0.717, 1.165) is 22.6 Å². The van der Waals surface area contributed by atoms with E-state index in [-0.39, 0.29) is 18.4 Å². The molecular formula is C13H13F2NOS. The average Bonchev–Trinajstić information content (AvgIpc) is 2.77. The highest BCUT2D eigenvalue weighted by Gasteiger charge is 2.16. The first kappa shape index (κ1) is 13.0. The van der Waals surface area contributed by atoms with Crippen LogP contribution in [0.25, 0.3) is 0 Å². The largest absolute Gasteiger partial charge is 0.483 e. The number of benzene rings is 1. The highest BCUT2D eigenvalue weighted by atomic mass is 32.1. The fourth-order valence-electron chi connectivity index (χ4n) is 1.64. The molecule has 1 unspecified atom stereocenters. The number of thiophene rings is 1. The highest BCUT2D eigenvalue weighted by molar-refractivity contribution is 7.10. The van der Waals surface area contributed by atoms with Gasteiger partial charge in [-0.2, -0.15) is 0 Å². The van der Waals surface area contributed by atoms with Crippen molar-refractivity contribution in [3.63, 3.8) is 0 Å². The lowest BCUT2D eigenvalue weighted by molar-refractivity contribution is 0.216. The van der Waals surface area contributed by atoms with Gasteiger partial charge in [0.15, 0.2) is 11.6 Å². The summed E-state index contributed by atoms with van der Waals surface area (Å²) in [5, 5.41) is 1.95. The van der Waals surface area contributed by atoms with E-state index in [2.05, 4.69) is 0 Å². The van der Waals surface area contributed by atoms with Crippen LogP contribution in [-0.2, 0) is 0 Å². The van der Waals surface area contributed by atoms with Crippen molar-refractivity contribution in [2.24, 2.45) is 5.73 Å². The quantitative estimate of drug-likeness (QED) is 0.923. The van der Waals surface area contributed by atoms with E-state index < -0.39 is 11.6 Å². The average molecular weight is 269 g/mol. The van der Waals surface area contributed by atoms with Gasteiger partial charge >= 0.3 is 0 Å². The lowest BCUT2D eigenvalue weighted by Crippen LogP contribution is -2.18. The van der Waals surface area contributed by atoms with Gasteiger partial charge in [0.25, 0.3) is 0 Å². The molecule has 0 aliphatic rings. The van der Waals surface area contributed by atoms with Crippen molar-refractivity contribution in [3.8, 4) is 5.75 Å². The number of ether oxygens (including phenoxy) is 1. The van der Waals surface area contributed by atoms with E-state index in [9.17, 15) is 8.78 Å². The van der Waals surface area contributed by atoms with Gasteiger partial charge in [0.2, 0.25) is 0 Å². The summed E-state index contributed by atoms with van der Waals surface area (Å²) >= 11 is 1.54. The molecule has 2 aromatic rings. The van der Waals surface area contributed by atoms with Gasteiger partial charge in [-0.25, -0.2) is 8.78 Å². The van der Waals surface area contributed by atoms with Crippen molar-refractivity contribution < 1.29 is 13.5 Å². The highest BCUT2D eigenvalue weighted by Crippen LogP contribution is 2.28. The van der Waals surface area contributed by atoms with Gasteiger partial charge in [0, 0.05) is 17.5 Å². The van der Waals surface area contributed by atoms with E-state index in [1.54, 1.807) is 0 Å². The Labute approximate surface area is 108 Å². The molecule has 2 N–H and O–H groups in total. The van der Waals surface area contributed by atoms with Gasteiger partial charge < -0.3 is 10.5 Å². The molecule has 18 heavy (non-hydrogen) atoms. The first-order valence-electron chi connectivity index (χ1n) is 5.47. The standard InChI is InChI=1S/C13H13F2NOS/c1-8-4-5-18-13(8)12(7-16)17-9-2-3-10(14)11(15)6-9/h2-6,12H,7,16H2,1H3. The van der Waals surface area contributed by atoms with Crippen molar-refractivity contribution in [2.45, 2.75) is 13.0 Å². The molecule has 0 spiro atoms. The molecule has 5 heteroatoms. The second-order valence-electron chi connectivity index (χ2n) is 3.89. The van der Waals surface area contributed by atoms with Crippen molar-refractivity contribution in [2.75, 3.05) is 6.54 Å². The SMILES string of the molecule is Cc1ccsc1C(CN)Oc1ccc(F)c(F)c1. The molecular weight excluding hydrogens is 256 g/mol. The predicted molar refractivity (Wildman–Crippen MR) is 67.8 cm³/mol. The molecule has 0 bridgehead atoms. The third kappa shape index (κ3) is 2.68. The van der Waals surface area contributed by atoms with Gasteiger partial charge in [-0.05, 0) is 36.1 Å². The number of aryl methyl sites for hydroxylation is 1. The topological polar surface area (TPSA) is 35.2 Å². The van der Waals surface area contributed by atoms with E-state index >= 15 is 0 Å². The smallest absolute Gasteiger partial charge is 0.162 e. The van der Waals surface area contributed by atoms with Gasteiger partial charge in [-0.3, -0.25) is 0 Å². The first-order chi connectivity index (χ1) is 8.61. The van der Waals surface area contributed by atoms with E-state index in [4.69, 9.17) is 10.5 Å². The minimum atomic E-state index is -0.925. The molecule has 0 saturated heterocycles. The zero-order valence-corrected chi connectivity index (χ0v) is 10.6. The Morgan fingerprint density at radius 3 is 2.61 bits per heavy atom. The summed E-state index contributed by atoms with van der Waals surface area (Å²) in [6, 6.07) is 5.43. The lowest BCUT2D eigenvalue weighted by atomic mass is 10.2. The second kappa shape index (κ2) is 5.46. The maximum absolute atomic E-state index is 13.1. The summed E-state index contributed by atoms with van der Waals surface area (Å²) in [5.41, 5.74) is 6.74. The van der Waals surface area contributed by atoms with Crippen LogP contribution < -0.4 is 10.5 Å². The molecule has 2 rings (SSSR count). The molecule has 0 aliphatic heterocycles. The normalized spacial score (nSPS) is 12.4. The van der Waals surface area contributed by atoms with Gasteiger partial charge in [0.05, 0.1) is 0 Å². The first-order valence-corrected chi connectivity index (χ1v) is 6.35. The van der Waals surface area contributed by atoms with Crippen LogP contribution in [-0.4, -0.2) is 6.54 Å². The Morgan fingerprint density at radius 2 is 2.06 bits per heavy atom. The van der Waals surface area contributed by atoms with Crippen molar-refractivity contribution in [3.05, 3.63) is 51.7 Å². The van der Waals surface area contributed by atoms with Crippen LogP contribution in [0.1, 0.15) is 16.5 Å². The Bertz CT molecular complexity index is 542. The number of halogens is 2. The van der Waals surface area contributed by atoms with Crippen LogP contribution in [0.4, 0.5) is 8.78 Å². The summed E-state index contributed by atoms with van der Waals surface area (Å²) < 4.78 is 31.5. The molecule has 1 atom stereocenters. The maximum Gasteiger partial charge on any atom is 0.162 e. The third-order valence-corrected chi connectivity index (χ3v) is 3.69. The zero-order chi connectivity index (χ0) is 13.1. The Hall–Kier alpha value is -1.46. The molecule has 1 aromatic heterocycles. The van der Waals surface area contributed by atoms with Gasteiger partial charge in [-0.1, -0.05) is 0 Å². The summed E-state index contributed by atoms with van der Waals surface area (Å²) in [6.45, 7) is 2.24. The summed E-state index contributed by atoms with van der Waals surface area (Å²) in [7, 11) is 0.